The highest BCUT2D eigenvalue weighted by Gasteiger charge is 2.58. The van der Waals surface area contributed by atoms with Crippen molar-refractivity contribution in [2.24, 2.45) is 0 Å². The summed E-state index contributed by atoms with van der Waals surface area (Å²) in [5, 5.41) is 0. The van der Waals surface area contributed by atoms with Gasteiger partial charge in [0.05, 0.1) is 6.20 Å². The number of hydrogen-bond donors (Lipinski definition) is 2. The molecule has 2 aromatic rings. The monoisotopic (exact) mass is 453 g/mol. The lowest BCUT2D eigenvalue weighted by Crippen LogP contribution is -2.35. The lowest BCUT2D eigenvalue weighted by Gasteiger charge is -2.26. The van der Waals surface area contributed by atoms with Crippen LogP contribution in [0.15, 0.2) is 27.9 Å². The molecule has 4 atom stereocenters. The van der Waals surface area contributed by atoms with Gasteiger partial charge in [0, 0.05) is 12.0 Å². The Kier molecular flexibility index (Phi) is 5.51. The Hall–Kier alpha value is -2.15. The largest absolute Gasteiger partial charge is 0.573 e. The lowest BCUT2D eigenvalue weighted by molar-refractivity contribution is -0.0829. The van der Waals surface area contributed by atoms with Crippen LogP contribution in [0.25, 0.3) is 0 Å². The molecule has 1 aromatic carbocycles. The molecule has 2 fully saturated rings. The Morgan fingerprint density at radius 3 is 2.70 bits per heavy atom. The Balaban J connectivity index is 1.45. The normalized spacial score (nSPS) is 28.5. The van der Waals surface area contributed by atoms with Crippen LogP contribution in [0.2, 0.25) is 0 Å². The van der Waals surface area contributed by atoms with Gasteiger partial charge in [0.2, 0.25) is 5.82 Å². The van der Waals surface area contributed by atoms with E-state index in [0.717, 1.165) is 10.6 Å². The number of benzene rings is 1. The fourth-order valence-corrected chi connectivity index (χ4v) is 4.47. The molecule has 0 spiro atoms. The van der Waals surface area contributed by atoms with Crippen molar-refractivity contribution in [2.45, 2.75) is 31.5 Å². The van der Waals surface area contributed by atoms with Gasteiger partial charge in [-0.3, -0.25) is 14.3 Å². The zero-order valence-electron chi connectivity index (χ0n) is 14.9. The van der Waals surface area contributed by atoms with E-state index in [0.29, 0.717) is 12.3 Å². The van der Waals surface area contributed by atoms with Crippen molar-refractivity contribution in [3.63, 3.8) is 0 Å². The van der Waals surface area contributed by atoms with Gasteiger partial charge in [-0.05, 0) is 6.07 Å². The van der Waals surface area contributed by atoms with E-state index in [1.807, 2.05) is 0 Å². The highest BCUT2D eigenvalue weighted by atomic mass is 31.2. The van der Waals surface area contributed by atoms with Gasteiger partial charge >= 0.3 is 13.9 Å². The first-order valence-electron chi connectivity index (χ1n) is 8.55. The zero-order valence-corrected chi connectivity index (χ0v) is 15.8. The Morgan fingerprint density at radius 1 is 1.17 bits per heavy atom. The van der Waals surface area contributed by atoms with Gasteiger partial charge in [0.1, 0.15) is 31.6 Å². The summed E-state index contributed by atoms with van der Waals surface area (Å²) in [5.74, 6) is -5.72. The van der Waals surface area contributed by atoms with E-state index in [1.165, 1.54) is 0 Å². The fraction of sp³-hybridized carbons (Fsp3) is 0.375. The molecular weight excluding hydrogens is 439 g/mol. The van der Waals surface area contributed by atoms with Crippen molar-refractivity contribution in [3.8, 4) is 0 Å². The predicted molar refractivity (Wildman–Crippen MR) is 90.9 cm³/mol. The number of aromatic amines is 1. The van der Waals surface area contributed by atoms with Gasteiger partial charge in [-0.2, -0.15) is 13.8 Å². The van der Waals surface area contributed by atoms with E-state index >= 15 is 0 Å². The minimum atomic E-state index is -3.98. The lowest BCUT2D eigenvalue weighted by atomic mass is 10.2. The number of nitrogens with one attached hydrogen (secondary N) is 1. The van der Waals surface area contributed by atoms with Crippen LogP contribution < -0.4 is 11.2 Å². The molecule has 4 rings (SSSR count). The molecule has 0 aliphatic carbocycles. The van der Waals surface area contributed by atoms with Crippen LogP contribution in [0.4, 0.5) is 17.6 Å². The summed E-state index contributed by atoms with van der Waals surface area (Å²) in [7, 11) is -3.98. The zero-order chi connectivity index (χ0) is 21.6. The molecule has 2 aliphatic rings. The summed E-state index contributed by atoms with van der Waals surface area (Å²) >= 11 is 0. The van der Waals surface area contributed by atoms with Crippen LogP contribution in [0.3, 0.4) is 0 Å². The molecule has 0 amide bonds. The summed E-state index contributed by atoms with van der Waals surface area (Å²) in [4.78, 5) is 35.2. The van der Waals surface area contributed by atoms with E-state index < -0.39 is 67.7 Å². The Bertz CT molecular complexity index is 1100. The second kappa shape index (κ2) is 7.84. The average molecular weight is 453 g/mol. The molecule has 1 unspecified atom stereocenters. The van der Waals surface area contributed by atoms with E-state index in [9.17, 15) is 32.0 Å². The minimum Gasteiger partial charge on any atom is -0.349 e. The van der Waals surface area contributed by atoms with E-state index in [-0.39, 0.29) is 18.6 Å². The third-order valence-electron chi connectivity index (χ3n) is 4.58. The smallest absolute Gasteiger partial charge is 0.349 e. The van der Waals surface area contributed by atoms with Crippen molar-refractivity contribution in [2.75, 3.05) is 6.61 Å². The SMILES string of the molecule is O=c1[nH]c(=O)n([C@H]2C[C@@H]3O[P+](O)(OCc4ccc(F)c(F)c4F)OC[C@H]3O2)cc1F. The third kappa shape index (κ3) is 3.92. The summed E-state index contributed by atoms with van der Waals surface area (Å²) in [5.41, 5.74) is -2.45. The summed E-state index contributed by atoms with van der Waals surface area (Å²) in [6.45, 7) is -0.897. The second-order valence-corrected chi connectivity index (χ2v) is 8.19. The maximum absolute atomic E-state index is 13.7. The Labute approximate surface area is 165 Å². The third-order valence-corrected chi connectivity index (χ3v) is 6.05. The van der Waals surface area contributed by atoms with Crippen LogP contribution in [-0.2, 0) is 24.9 Å². The van der Waals surface area contributed by atoms with Gasteiger partial charge in [-0.1, -0.05) is 6.07 Å². The molecule has 162 valence electrons. The number of fused-ring (bicyclic) bond motifs is 1. The molecule has 9 nitrogen and oxygen atoms in total. The van der Waals surface area contributed by atoms with Crippen molar-refractivity contribution in [3.05, 3.63) is 68.0 Å². The quantitative estimate of drug-likeness (QED) is 0.412. The highest BCUT2D eigenvalue weighted by molar-refractivity contribution is 7.55. The number of rotatable bonds is 4. The van der Waals surface area contributed by atoms with Gasteiger partial charge < -0.3 is 4.74 Å². The molecule has 2 N–H and O–H groups in total. The summed E-state index contributed by atoms with van der Waals surface area (Å²) in [6, 6.07) is 1.65. The van der Waals surface area contributed by atoms with Gasteiger partial charge in [0.15, 0.2) is 17.5 Å². The van der Waals surface area contributed by atoms with Gasteiger partial charge in [-0.15, -0.1) is 9.05 Å². The van der Waals surface area contributed by atoms with Crippen molar-refractivity contribution in [1.29, 1.82) is 0 Å². The van der Waals surface area contributed by atoms with E-state index in [4.69, 9.17) is 18.3 Å². The molecule has 3 heterocycles. The summed E-state index contributed by atoms with van der Waals surface area (Å²) in [6.07, 6.45) is -1.93. The van der Waals surface area contributed by atoms with Crippen LogP contribution in [0, 0.1) is 23.3 Å². The molecule has 2 aliphatic heterocycles. The molecule has 0 radical (unpaired) electrons. The summed E-state index contributed by atoms with van der Waals surface area (Å²) < 4.78 is 75.6. The van der Waals surface area contributed by atoms with Crippen LogP contribution >= 0.6 is 8.17 Å². The van der Waals surface area contributed by atoms with Crippen LogP contribution in [0.1, 0.15) is 18.2 Å². The van der Waals surface area contributed by atoms with Crippen molar-refractivity contribution < 1.29 is 40.8 Å². The Morgan fingerprint density at radius 2 is 1.93 bits per heavy atom. The molecular formula is C16H14F4N2O7P+. The number of hydrogen-bond acceptors (Lipinski definition) is 7. The molecule has 2 saturated heterocycles. The minimum absolute atomic E-state index is 0.0232. The van der Waals surface area contributed by atoms with Gasteiger partial charge in [-0.25, -0.2) is 18.0 Å². The average Bonchev–Trinajstić information content (AvgIpc) is 3.11. The maximum atomic E-state index is 13.7. The number of H-pyrrole nitrogens is 1. The maximum Gasteiger partial charge on any atom is 0.573 e. The fourth-order valence-electron chi connectivity index (χ4n) is 3.07. The number of ether oxygens (including phenoxy) is 1. The number of nitrogens with zero attached hydrogens (tertiary/aromatic N) is 1. The molecule has 0 saturated carbocycles. The molecule has 30 heavy (non-hydrogen) atoms. The first-order chi connectivity index (χ1) is 14.2. The first kappa shape index (κ1) is 21.1. The topological polar surface area (TPSA) is 112 Å². The van der Waals surface area contributed by atoms with Crippen molar-refractivity contribution >= 4 is 8.17 Å². The number of halogens is 4. The highest BCUT2D eigenvalue weighted by Crippen LogP contribution is 2.63. The number of aromatic nitrogens is 2. The van der Waals surface area contributed by atoms with Crippen LogP contribution in [0.5, 0.6) is 0 Å². The molecule has 14 heteroatoms. The predicted octanol–water partition coefficient (Wildman–Crippen LogP) is 1.68. The standard InChI is InChI=1S/C16H13F4N2O7P/c17-8-2-1-7(13(19)14(8)20)5-26-30(25)27-6-11-10(29-30)3-12(28-11)22-4-9(18)15(23)21-16(22)24/h1-2,4,10-12,25H,3,5-6H2/p+1/t10-,11+,12+,30?/m0/s1. The van der Waals surface area contributed by atoms with Gasteiger partial charge in [0.25, 0.3) is 5.56 Å². The van der Waals surface area contributed by atoms with Crippen molar-refractivity contribution in [1.82, 2.24) is 9.55 Å². The first-order valence-corrected chi connectivity index (χ1v) is 10.0. The molecule has 1 aromatic heterocycles. The second-order valence-electron chi connectivity index (χ2n) is 6.52. The van der Waals surface area contributed by atoms with Crippen LogP contribution in [-0.4, -0.2) is 33.3 Å². The van der Waals surface area contributed by atoms with E-state index in [2.05, 4.69) is 0 Å². The molecule has 0 bridgehead atoms. The van der Waals surface area contributed by atoms with E-state index in [1.54, 1.807) is 4.98 Å².